The van der Waals surface area contributed by atoms with Crippen molar-refractivity contribution < 1.29 is 9.90 Å². The van der Waals surface area contributed by atoms with Crippen LogP contribution in [-0.4, -0.2) is 27.6 Å². The smallest absolute Gasteiger partial charge is 0.339 e. The Bertz CT molecular complexity index is 1040. The van der Waals surface area contributed by atoms with Crippen molar-refractivity contribution in [2.75, 3.05) is 11.4 Å². The van der Waals surface area contributed by atoms with E-state index in [-0.39, 0.29) is 11.6 Å². The summed E-state index contributed by atoms with van der Waals surface area (Å²) in [5.41, 5.74) is 4.29. The van der Waals surface area contributed by atoms with Crippen molar-refractivity contribution in [3.63, 3.8) is 0 Å². The Morgan fingerprint density at radius 3 is 2.57 bits per heavy atom. The van der Waals surface area contributed by atoms with Crippen molar-refractivity contribution in [1.29, 1.82) is 0 Å². The molecule has 0 spiro atoms. The molecule has 154 valence electrons. The molecule has 1 aromatic heterocycles. The molecular weight excluding hydrogens is 398 g/mol. The topological polar surface area (TPSA) is 66.3 Å². The average molecular weight is 422 g/mol. The van der Waals surface area contributed by atoms with Crippen molar-refractivity contribution in [3.05, 3.63) is 87.7 Å². The first-order chi connectivity index (χ1) is 14.5. The van der Waals surface area contributed by atoms with Gasteiger partial charge in [-0.15, -0.1) is 0 Å². The van der Waals surface area contributed by atoms with Gasteiger partial charge in [0, 0.05) is 17.8 Å². The van der Waals surface area contributed by atoms with Crippen LogP contribution in [0.25, 0.3) is 0 Å². The Morgan fingerprint density at radius 1 is 1.13 bits per heavy atom. The lowest BCUT2D eigenvalue weighted by Crippen LogP contribution is -2.25. The van der Waals surface area contributed by atoms with Gasteiger partial charge in [0.1, 0.15) is 0 Å². The van der Waals surface area contributed by atoms with Crippen LogP contribution in [0, 0.1) is 6.92 Å². The zero-order valence-corrected chi connectivity index (χ0v) is 17.6. The van der Waals surface area contributed by atoms with Gasteiger partial charge in [-0.05, 0) is 55.9 Å². The first kappa shape index (κ1) is 20.4. The van der Waals surface area contributed by atoms with Gasteiger partial charge >= 0.3 is 5.97 Å². The number of aryl methyl sites for hydroxylation is 3. The molecule has 0 radical (unpaired) electrons. The first-order valence-corrected chi connectivity index (χ1v) is 10.6. The fraction of sp³-hybridized carbons (Fsp3) is 0.292. The highest BCUT2D eigenvalue weighted by molar-refractivity contribution is 6.30. The molecule has 3 aromatic rings. The lowest BCUT2D eigenvalue weighted by molar-refractivity contribution is 0.0694. The number of aromatic carboxylic acids is 1. The molecule has 5 nitrogen and oxygen atoms in total. The summed E-state index contributed by atoms with van der Waals surface area (Å²) in [6.45, 7) is 2.90. The monoisotopic (exact) mass is 421 g/mol. The number of nitrogens with zero attached hydrogens (tertiary/aromatic N) is 3. The lowest BCUT2D eigenvalue weighted by Gasteiger charge is -2.25. The van der Waals surface area contributed by atoms with Crippen LogP contribution in [0.15, 0.2) is 54.7 Å². The Balaban J connectivity index is 1.60. The summed E-state index contributed by atoms with van der Waals surface area (Å²) in [6.07, 6.45) is 4.78. The Labute approximate surface area is 181 Å². The van der Waals surface area contributed by atoms with Crippen molar-refractivity contribution in [2.45, 2.75) is 38.6 Å². The maximum absolute atomic E-state index is 11.7. The zero-order chi connectivity index (χ0) is 21.1. The molecule has 2 aromatic carbocycles. The number of hydrogen-bond donors (Lipinski definition) is 1. The quantitative estimate of drug-likeness (QED) is 0.587. The van der Waals surface area contributed by atoms with E-state index >= 15 is 0 Å². The van der Waals surface area contributed by atoms with E-state index in [1.54, 1.807) is 0 Å². The summed E-state index contributed by atoms with van der Waals surface area (Å²) >= 11 is 6.04. The molecule has 0 saturated carbocycles. The van der Waals surface area contributed by atoms with E-state index in [0.29, 0.717) is 23.1 Å². The van der Waals surface area contributed by atoms with Crippen molar-refractivity contribution >= 4 is 23.5 Å². The molecule has 1 aliphatic rings. The van der Waals surface area contributed by atoms with Crippen LogP contribution in [0.2, 0.25) is 5.02 Å². The first-order valence-electron chi connectivity index (χ1n) is 10.2. The minimum atomic E-state index is -0.990. The second-order valence-corrected chi connectivity index (χ2v) is 8.16. The molecule has 1 saturated heterocycles. The SMILES string of the molecule is Cc1ccc(CCc2nc(N3CCC[C@H]3c3ccc(Cl)cc3)ncc2C(=O)O)cc1. The van der Waals surface area contributed by atoms with Crippen molar-refractivity contribution in [3.8, 4) is 0 Å². The predicted molar refractivity (Wildman–Crippen MR) is 118 cm³/mol. The molecular formula is C24H24ClN3O2. The van der Waals surface area contributed by atoms with Gasteiger partial charge in [-0.25, -0.2) is 14.8 Å². The second-order valence-electron chi connectivity index (χ2n) is 7.72. The molecule has 1 N–H and O–H groups in total. The molecule has 0 amide bonds. The lowest BCUT2D eigenvalue weighted by atomic mass is 10.0. The van der Waals surface area contributed by atoms with Crippen LogP contribution in [0.4, 0.5) is 5.95 Å². The number of anilines is 1. The van der Waals surface area contributed by atoms with Gasteiger partial charge in [0.2, 0.25) is 5.95 Å². The maximum atomic E-state index is 11.7. The molecule has 0 aliphatic carbocycles. The third kappa shape index (κ3) is 4.46. The fourth-order valence-corrected chi connectivity index (χ4v) is 4.10. The number of rotatable bonds is 6. The molecule has 2 heterocycles. The highest BCUT2D eigenvalue weighted by Gasteiger charge is 2.29. The highest BCUT2D eigenvalue weighted by atomic mass is 35.5. The van der Waals surface area contributed by atoms with E-state index in [1.165, 1.54) is 17.3 Å². The molecule has 4 rings (SSSR count). The zero-order valence-electron chi connectivity index (χ0n) is 16.9. The van der Waals surface area contributed by atoms with Gasteiger partial charge in [0.15, 0.2) is 0 Å². The van der Waals surface area contributed by atoms with E-state index in [1.807, 2.05) is 24.3 Å². The predicted octanol–water partition coefficient (Wildman–Crippen LogP) is 5.26. The summed E-state index contributed by atoms with van der Waals surface area (Å²) in [5, 5.41) is 10.3. The average Bonchev–Trinajstić information content (AvgIpc) is 3.23. The Hall–Kier alpha value is -2.92. The van der Waals surface area contributed by atoms with Gasteiger partial charge < -0.3 is 10.0 Å². The van der Waals surface area contributed by atoms with Crippen LogP contribution < -0.4 is 4.90 Å². The normalized spacial score (nSPS) is 16.1. The van der Waals surface area contributed by atoms with E-state index in [4.69, 9.17) is 16.6 Å². The van der Waals surface area contributed by atoms with Crippen LogP contribution in [0.1, 0.15) is 51.6 Å². The minimum Gasteiger partial charge on any atom is -0.478 e. The summed E-state index contributed by atoms with van der Waals surface area (Å²) in [4.78, 5) is 23.0. The van der Waals surface area contributed by atoms with Crippen LogP contribution >= 0.6 is 11.6 Å². The van der Waals surface area contributed by atoms with E-state index < -0.39 is 5.97 Å². The Morgan fingerprint density at radius 2 is 1.87 bits per heavy atom. The highest BCUT2D eigenvalue weighted by Crippen LogP contribution is 2.35. The molecule has 1 fully saturated rings. The second kappa shape index (κ2) is 8.84. The molecule has 0 bridgehead atoms. The molecule has 1 atom stereocenters. The number of hydrogen-bond acceptors (Lipinski definition) is 4. The van der Waals surface area contributed by atoms with E-state index in [2.05, 4.69) is 41.1 Å². The third-order valence-corrected chi connectivity index (χ3v) is 5.87. The number of benzene rings is 2. The number of carboxylic acid groups (broad SMARTS) is 1. The maximum Gasteiger partial charge on any atom is 0.339 e. The van der Waals surface area contributed by atoms with Crippen molar-refractivity contribution in [2.24, 2.45) is 0 Å². The molecule has 6 heteroatoms. The van der Waals surface area contributed by atoms with Gasteiger partial charge in [0.05, 0.1) is 17.3 Å². The van der Waals surface area contributed by atoms with Crippen LogP contribution in [-0.2, 0) is 12.8 Å². The molecule has 1 aliphatic heterocycles. The summed E-state index contributed by atoms with van der Waals surface area (Å²) in [7, 11) is 0. The molecule has 0 unspecified atom stereocenters. The van der Waals surface area contributed by atoms with Gasteiger partial charge in [-0.1, -0.05) is 53.6 Å². The van der Waals surface area contributed by atoms with Gasteiger partial charge in [-0.2, -0.15) is 0 Å². The third-order valence-electron chi connectivity index (χ3n) is 5.62. The fourth-order valence-electron chi connectivity index (χ4n) is 3.97. The standard InChI is InChI=1S/C24H24ClN3O2/c1-16-4-6-17(7-5-16)8-13-21-20(23(29)30)15-26-24(27-21)28-14-2-3-22(28)18-9-11-19(25)12-10-18/h4-7,9-12,15,22H,2-3,8,13-14H2,1H3,(H,29,30)/t22-/m0/s1. The Kier molecular flexibility index (Phi) is 6.00. The number of halogens is 1. The molecule has 30 heavy (non-hydrogen) atoms. The number of carbonyl (C=O) groups is 1. The van der Waals surface area contributed by atoms with Crippen molar-refractivity contribution in [1.82, 2.24) is 9.97 Å². The van der Waals surface area contributed by atoms with Gasteiger partial charge in [0.25, 0.3) is 0 Å². The van der Waals surface area contributed by atoms with E-state index in [0.717, 1.165) is 31.4 Å². The van der Waals surface area contributed by atoms with Crippen LogP contribution in [0.3, 0.4) is 0 Å². The summed E-state index contributed by atoms with van der Waals surface area (Å²) in [5.74, 6) is -0.396. The number of aromatic nitrogens is 2. The summed E-state index contributed by atoms with van der Waals surface area (Å²) < 4.78 is 0. The summed E-state index contributed by atoms with van der Waals surface area (Å²) in [6, 6.07) is 16.3. The van der Waals surface area contributed by atoms with Crippen LogP contribution in [0.5, 0.6) is 0 Å². The minimum absolute atomic E-state index is 0.169. The largest absolute Gasteiger partial charge is 0.478 e. The van der Waals surface area contributed by atoms with E-state index in [9.17, 15) is 9.90 Å². The number of carboxylic acids is 1. The van der Waals surface area contributed by atoms with Gasteiger partial charge in [-0.3, -0.25) is 0 Å².